The molecule has 0 aliphatic heterocycles. The fourth-order valence-electron chi connectivity index (χ4n) is 2.97. The molecule has 0 saturated heterocycles. The first kappa shape index (κ1) is 17.3. The highest BCUT2D eigenvalue weighted by atomic mass is 35.5. The van der Waals surface area contributed by atoms with Crippen molar-refractivity contribution in [2.75, 3.05) is 5.32 Å². The third-order valence-corrected chi connectivity index (χ3v) is 4.56. The molecule has 0 aliphatic rings. The average molecular weight is 404 g/mol. The smallest absolute Gasteiger partial charge is 0.246 e. The number of fused-ring (bicyclic) bond motifs is 1. The van der Waals surface area contributed by atoms with Gasteiger partial charge >= 0.3 is 0 Å². The lowest BCUT2D eigenvalue weighted by molar-refractivity contribution is 0.384. The van der Waals surface area contributed by atoms with E-state index in [0.717, 1.165) is 16.6 Å². The van der Waals surface area contributed by atoms with Gasteiger partial charge in [0.15, 0.2) is 5.65 Å². The van der Waals surface area contributed by atoms with E-state index in [9.17, 15) is 0 Å². The second-order valence-electron chi connectivity index (χ2n) is 6.23. The summed E-state index contributed by atoms with van der Waals surface area (Å²) in [4.78, 5) is 13.1. The molecule has 0 bridgehead atoms. The number of nitrogens with zero attached hydrogens (tertiary/aromatic N) is 6. The van der Waals surface area contributed by atoms with Crippen LogP contribution in [-0.2, 0) is 6.54 Å². The Balaban J connectivity index is 1.38. The topological polar surface area (TPSA) is 94.5 Å². The Morgan fingerprint density at radius 3 is 2.79 bits per heavy atom. The van der Waals surface area contributed by atoms with E-state index in [4.69, 9.17) is 16.1 Å². The van der Waals surface area contributed by atoms with Gasteiger partial charge in [0.25, 0.3) is 0 Å². The van der Waals surface area contributed by atoms with Crippen molar-refractivity contribution in [3.63, 3.8) is 0 Å². The molecule has 9 heteroatoms. The van der Waals surface area contributed by atoms with E-state index in [1.165, 1.54) is 6.33 Å². The molecular formula is C20H14ClN7O. The Bertz CT molecular complexity index is 1280. The second-order valence-corrected chi connectivity index (χ2v) is 6.66. The Kier molecular flexibility index (Phi) is 4.38. The number of hydrogen-bond donors (Lipinski definition) is 1. The van der Waals surface area contributed by atoms with Crippen LogP contribution in [0.5, 0.6) is 0 Å². The van der Waals surface area contributed by atoms with E-state index in [1.807, 2.05) is 42.5 Å². The van der Waals surface area contributed by atoms with Crippen LogP contribution in [-0.4, -0.2) is 29.9 Å². The maximum atomic E-state index is 6.02. The molecule has 5 aromatic rings. The lowest BCUT2D eigenvalue weighted by atomic mass is 10.2. The van der Waals surface area contributed by atoms with E-state index in [2.05, 4.69) is 30.5 Å². The van der Waals surface area contributed by atoms with Crippen molar-refractivity contribution in [2.24, 2.45) is 0 Å². The van der Waals surface area contributed by atoms with Gasteiger partial charge in [-0.1, -0.05) is 47.1 Å². The van der Waals surface area contributed by atoms with Crippen LogP contribution < -0.4 is 5.32 Å². The van der Waals surface area contributed by atoms with E-state index < -0.39 is 0 Å². The van der Waals surface area contributed by atoms with Gasteiger partial charge in [-0.3, -0.25) is 0 Å². The van der Waals surface area contributed by atoms with E-state index in [-0.39, 0.29) is 0 Å². The van der Waals surface area contributed by atoms with Gasteiger partial charge in [-0.25, -0.2) is 14.6 Å². The van der Waals surface area contributed by atoms with E-state index in [1.54, 1.807) is 23.0 Å². The molecule has 3 heterocycles. The van der Waals surface area contributed by atoms with Gasteiger partial charge < -0.3 is 9.84 Å². The number of anilines is 1. The molecule has 5 rings (SSSR count). The summed E-state index contributed by atoms with van der Waals surface area (Å²) in [5.41, 5.74) is 2.43. The standard InChI is InChI=1S/C20H14ClN7O/c21-14-6-4-5-13(9-14)18-26-17(29-27-18)11-22-19-16-10-25-28(20(16)24-12-23-19)15-7-2-1-3-8-15/h1-10,12H,11H2,(H,22,23,24). The van der Waals surface area contributed by atoms with Crippen molar-refractivity contribution >= 4 is 28.5 Å². The number of benzene rings is 2. The third-order valence-electron chi connectivity index (χ3n) is 4.32. The number of rotatable bonds is 5. The first-order valence-electron chi connectivity index (χ1n) is 8.84. The van der Waals surface area contributed by atoms with Crippen molar-refractivity contribution < 1.29 is 4.52 Å². The second kappa shape index (κ2) is 7.33. The summed E-state index contributed by atoms with van der Waals surface area (Å²) in [7, 11) is 0. The molecule has 3 aromatic heterocycles. The number of nitrogens with one attached hydrogen (secondary N) is 1. The van der Waals surface area contributed by atoms with Gasteiger partial charge in [0.2, 0.25) is 11.7 Å². The summed E-state index contributed by atoms with van der Waals surface area (Å²) in [6.07, 6.45) is 3.23. The molecular weight excluding hydrogens is 390 g/mol. The summed E-state index contributed by atoms with van der Waals surface area (Å²) in [5.74, 6) is 1.55. The Morgan fingerprint density at radius 2 is 1.93 bits per heavy atom. The molecule has 0 saturated carbocycles. The highest BCUT2D eigenvalue weighted by Crippen LogP contribution is 2.23. The lowest BCUT2D eigenvalue weighted by Gasteiger charge is -2.05. The number of para-hydroxylation sites is 1. The molecule has 0 aliphatic carbocycles. The molecule has 0 radical (unpaired) electrons. The molecule has 0 atom stereocenters. The summed E-state index contributed by atoms with van der Waals surface area (Å²) in [5, 5.41) is 13.1. The monoisotopic (exact) mass is 403 g/mol. The molecule has 0 unspecified atom stereocenters. The molecule has 2 aromatic carbocycles. The molecule has 8 nitrogen and oxygen atoms in total. The summed E-state index contributed by atoms with van der Waals surface area (Å²) < 4.78 is 7.11. The summed E-state index contributed by atoms with van der Waals surface area (Å²) >= 11 is 6.02. The maximum absolute atomic E-state index is 6.02. The molecule has 142 valence electrons. The predicted octanol–water partition coefficient (Wildman–Crippen LogP) is 4.13. The van der Waals surface area contributed by atoms with Crippen LogP contribution in [0.2, 0.25) is 5.02 Å². The van der Waals surface area contributed by atoms with Gasteiger partial charge in [0, 0.05) is 10.6 Å². The van der Waals surface area contributed by atoms with Crippen molar-refractivity contribution in [2.45, 2.75) is 6.54 Å². The Hall–Kier alpha value is -3.78. The first-order valence-corrected chi connectivity index (χ1v) is 9.22. The van der Waals surface area contributed by atoms with E-state index >= 15 is 0 Å². The van der Waals surface area contributed by atoms with Gasteiger partial charge in [-0.2, -0.15) is 10.1 Å². The quantitative estimate of drug-likeness (QED) is 0.471. The SMILES string of the molecule is Clc1cccc(-c2noc(CNc3ncnc4c3cnn4-c3ccccc3)n2)c1. The molecule has 1 N–H and O–H groups in total. The van der Waals surface area contributed by atoms with Gasteiger partial charge in [0.1, 0.15) is 12.1 Å². The van der Waals surface area contributed by atoms with Crippen molar-refractivity contribution in [1.29, 1.82) is 0 Å². The molecule has 0 spiro atoms. The highest BCUT2D eigenvalue weighted by Gasteiger charge is 2.13. The first-order chi connectivity index (χ1) is 14.3. The zero-order valence-electron chi connectivity index (χ0n) is 15.0. The summed E-state index contributed by atoms with van der Waals surface area (Å²) in [6.45, 7) is 0.316. The van der Waals surface area contributed by atoms with Crippen molar-refractivity contribution in [3.8, 4) is 17.1 Å². The van der Waals surface area contributed by atoms with Crippen LogP contribution in [0.15, 0.2) is 71.6 Å². The average Bonchev–Trinajstić information content (AvgIpc) is 3.40. The van der Waals surface area contributed by atoms with Gasteiger partial charge in [0.05, 0.1) is 23.8 Å². The maximum Gasteiger partial charge on any atom is 0.246 e. The highest BCUT2D eigenvalue weighted by molar-refractivity contribution is 6.30. The third kappa shape index (κ3) is 3.41. The normalized spacial score (nSPS) is 11.1. The molecule has 0 amide bonds. The Morgan fingerprint density at radius 1 is 1.03 bits per heavy atom. The fourth-order valence-corrected chi connectivity index (χ4v) is 3.16. The van der Waals surface area contributed by atoms with Crippen LogP contribution >= 0.6 is 11.6 Å². The minimum absolute atomic E-state index is 0.316. The van der Waals surface area contributed by atoms with Crippen LogP contribution in [0, 0.1) is 0 Å². The summed E-state index contributed by atoms with van der Waals surface area (Å²) in [6, 6.07) is 17.1. The zero-order valence-corrected chi connectivity index (χ0v) is 15.8. The number of hydrogen-bond acceptors (Lipinski definition) is 7. The number of aromatic nitrogens is 6. The zero-order chi connectivity index (χ0) is 19.6. The minimum atomic E-state index is 0.316. The van der Waals surface area contributed by atoms with Crippen LogP contribution in [0.25, 0.3) is 28.1 Å². The van der Waals surface area contributed by atoms with Crippen molar-refractivity contribution in [1.82, 2.24) is 29.9 Å². The van der Waals surface area contributed by atoms with Crippen LogP contribution in [0.1, 0.15) is 5.89 Å². The van der Waals surface area contributed by atoms with Crippen LogP contribution in [0.4, 0.5) is 5.82 Å². The van der Waals surface area contributed by atoms with Gasteiger partial charge in [-0.15, -0.1) is 0 Å². The minimum Gasteiger partial charge on any atom is -0.360 e. The van der Waals surface area contributed by atoms with Crippen LogP contribution in [0.3, 0.4) is 0 Å². The number of halogens is 1. The molecule has 29 heavy (non-hydrogen) atoms. The Labute approximate surface area is 170 Å². The predicted molar refractivity (Wildman–Crippen MR) is 109 cm³/mol. The van der Waals surface area contributed by atoms with Gasteiger partial charge in [-0.05, 0) is 24.3 Å². The molecule has 0 fully saturated rings. The fraction of sp³-hybridized carbons (Fsp3) is 0.0500. The largest absolute Gasteiger partial charge is 0.360 e. The van der Waals surface area contributed by atoms with Crippen molar-refractivity contribution in [3.05, 3.63) is 78.0 Å². The lowest BCUT2D eigenvalue weighted by Crippen LogP contribution is -2.03. The van der Waals surface area contributed by atoms with E-state index in [0.29, 0.717) is 34.7 Å².